The minimum absolute atomic E-state index is 0.528. The van der Waals surface area contributed by atoms with Crippen molar-refractivity contribution in [3.63, 3.8) is 0 Å². The molecule has 0 aliphatic carbocycles. The van der Waals surface area contributed by atoms with E-state index in [4.69, 9.17) is 0 Å². The number of nitrogens with zero attached hydrogens (tertiary/aromatic N) is 3. The molecule has 1 atom stereocenters. The van der Waals surface area contributed by atoms with Gasteiger partial charge < -0.3 is 10.6 Å². The van der Waals surface area contributed by atoms with Crippen LogP contribution >= 0.6 is 15.9 Å². The van der Waals surface area contributed by atoms with Crippen molar-refractivity contribution < 1.29 is 0 Å². The van der Waals surface area contributed by atoms with E-state index in [2.05, 4.69) is 55.3 Å². The second kappa shape index (κ2) is 7.78. The van der Waals surface area contributed by atoms with Gasteiger partial charge in [0.05, 0.1) is 0 Å². The molecule has 1 aromatic heterocycles. The number of rotatable bonds is 6. The molecule has 6 heteroatoms. The summed E-state index contributed by atoms with van der Waals surface area (Å²) in [7, 11) is 0. The maximum atomic E-state index is 4.31. The molecule has 2 heterocycles. The van der Waals surface area contributed by atoms with Gasteiger partial charge in [0, 0.05) is 19.1 Å². The fourth-order valence-corrected chi connectivity index (χ4v) is 3.00. The zero-order valence-electron chi connectivity index (χ0n) is 12.3. The summed E-state index contributed by atoms with van der Waals surface area (Å²) in [4.78, 5) is 11.1. The van der Waals surface area contributed by atoms with E-state index in [-0.39, 0.29) is 0 Å². The van der Waals surface area contributed by atoms with Crippen LogP contribution in [-0.4, -0.2) is 47.1 Å². The smallest absolute Gasteiger partial charge is 0.146 e. The number of aromatic nitrogens is 2. The molecule has 1 aliphatic heterocycles. The number of anilines is 2. The van der Waals surface area contributed by atoms with Gasteiger partial charge in [-0.2, -0.15) is 0 Å². The Morgan fingerprint density at radius 1 is 1.20 bits per heavy atom. The molecule has 0 spiro atoms. The number of hydrogen-bond donors (Lipinski definition) is 2. The van der Waals surface area contributed by atoms with E-state index >= 15 is 0 Å². The molecule has 0 saturated carbocycles. The lowest BCUT2D eigenvalue weighted by Crippen LogP contribution is -2.41. The first-order valence-electron chi connectivity index (χ1n) is 7.44. The minimum atomic E-state index is 0.528. The molecule has 5 nitrogen and oxygen atoms in total. The first-order chi connectivity index (χ1) is 9.72. The van der Waals surface area contributed by atoms with Crippen molar-refractivity contribution in [2.24, 2.45) is 0 Å². The van der Waals surface area contributed by atoms with E-state index in [1.807, 2.05) is 0 Å². The maximum Gasteiger partial charge on any atom is 0.146 e. The molecule has 0 aromatic carbocycles. The zero-order valence-corrected chi connectivity index (χ0v) is 13.9. The first kappa shape index (κ1) is 15.5. The topological polar surface area (TPSA) is 53.1 Å². The van der Waals surface area contributed by atoms with Crippen LogP contribution in [0.3, 0.4) is 0 Å². The lowest BCUT2D eigenvalue weighted by atomic mass is 10.1. The number of piperidine rings is 1. The Morgan fingerprint density at radius 3 is 2.50 bits per heavy atom. The van der Waals surface area contributed by atoms with E-state index in [9.17, 15) is 0 Å². The van der Waals surface area contributed by atoms with Gasteiger partial charge in [-0.05, 0) is 55.7 Å². The molecule has 2 rings (SSSR count). The lowest BCUT2D eigenvalue weighted by Gasteiger charge is -2.32. The van der Waals surface area contributed by atoms with Gasteiger partial charge in [0.15, 0.2) is 0 Å². The molecule has 1 aromatic rings. The third-order valence-corrected chi connectivity index (χ3v) is 4.46. The van der Waals surface area contributed by atoms with Crippen LogP contribution in [0.1, 0.15) is 33.1 Å². The van der Waals surface area contributed by atoms with Crippen LogP contribution < -0.4 is 10.6 Å². The number of hydrogen-bond acceptors (Lipinski definition) is 5. The van der Waals surface area contributed by atoms with Crippen molar-refractivity contribution in [2.45, 2.75) is 39.2 Å². The highest BCUT2D eigenvalue weighted by Crippen LogP contribution is 2.26. The molecule has 1 saturated heterocycles. The van der Waals surface area contributed by atoms with Crippen LogP contribution in [0, 0.1) is 0 Å². The van der Waals surface area contributed by atoms with E-state index in [1.54, 1.807) is 6.33 Å². The van der Waals surface area contributed by atoms with E-state index < -0.39 is 0 Å². The van der Waals surface area contributed by atoms with Crippen LogP contribution in [0.2, 0.25) is 0 Å². The molecule has 1 fully saturated rings. The largest absolute Gasteiger partial charge is 0.369 e. The van der Waals surface area contributed by atoms with Crippen molar-refractivity contribution in [1.29, 1.82) is 0 Å². The highest BCUT2D eigenvalue weighted by molar-refractivity contribution is 9.10. The summed E-state index contributed by atoms with van der Waals surface area (Å²) in [6.07, 6.45) is 5.62. The predicted molar refractivity (Wildman–Crippen MR) is 87.3 cm³/mol. The molecular formula is C14H24BrN5. The van der Waals surface area contributed by atoms with Crippen LogP contribution in [0.15, 0.2) is 10.8 Å². The third kappa shape index (κ3) is 4.06. The van der Waals surface area contributed by atoms with E-state index in [0.717, 1.165) is 29.2 Å². The quantitative estimate of drug-likeness (QED) is 0.833. The summed E-state index contributed by atoms with van der Waals surface area (Å²) in [6, 6.07) is 0.528. The van der Waals surface area contributed by atoms with E-state index in [0.29, 0.717) is 6.04 Å². The Hall–Kier alpha value is -0.880. The average molecular weight is 342 g/mol. The number of halogens is 1. The number of likely N-dealkylation sites (tertiary alicyclic amines) is 1. The second-order valence-corrected chi connectivity index (χ2v) is 6.03. The number of nitrogens with one attached hydrogen (secondary N) is 2. The third-order valence-electron chi connectivity index (χ3n) is 3.71. The highest BCUT2D eigenvalue weighted by atomic mass is 79.9. The monoisotopic (exact) mass is 341 g/mol. The van der Waals surface area contributed by atoms with Gasteiger partial charge in [0.1, 0.15) is 22.4 Å². The SMILES string of the molecule is CCNc1ncnc(NCC(C)N2CCCCC2)c1Br. The highest BCUT2D eigenvalue weighted by Gasteiger charge is 2.17. The molecule has 20 heavy (non-hydrogen) atoms. The Labute approximate surface area is 129 Å². The van der Waals surface area contributed by atoms with Crippen LogP contribution in [0.25, 0.3) is 0 Å². The van der Waals surface area contributed by atoms with Crippen LogP contribution in [0.5, 0.6) is 0 Å². The van der Waals surface area contributed by atoms with Gasteiger partial charge in [-0.1, -0.05) is 6.42 Å². The van der Waals surface area contributed by atoms with E-state index in [1.165, 1.54) is 32.4 Å². The summed E-state index contributed by atoms with van der Waals surface area (Å²) in [6.45, 7) is 8.52. The van der Waals surface area contributed by atoms with Gasteiger partial charge in [-0.15, -0.1) is 0 Å². The van der Waals surface area contributed by atoms with Crippen molar-refractivity contribution in [2.75, 3.05) is 36.8 Å². The fourth-order valence-electron chi connectivity index (χ4n) is 2.52. The maximum absolute atomic E-state index is 4.31. The lowest BCUT2D eigenvalue weighted by molar-refractivity contribution is 0.180. The van der Waals surface area contributed by atoms with Crippen LogP contribution in [-0.2, 0) is 0 Å². The van der Waals surface area contributed by atoms with Gasteiger partial charge in [0.2, 0.25) is 0 Å². The summed E-state index contributed by atoms with van der Waals surface area (Å²) in [5.41, 5.74) is 0. The first-order valence-corrected chi connectivity index (χ1v) is 8.24. The minimum Gasteiger partial charge on any atom is -0.369 e. The van der Waals surface area contributed by atoms with Crippen molar-refractivity contribution in [3.05, 3.63) is 10.8 Å². The summed E-state index contributed by atoms with van der Waals surface area (Å²) in [5.74, 6) is 1.70. The molecule has 0 bridgehead atoms. The van der Waals surface area contributed by atoms with Crippen LogP contribution in [0.4, 0.5) is 11.6 Å². The molecule has 112 valence electrons. The molecule has 1 aliphatic rings. The molecule has 0 amide bonds. The zero-order chi connectivity index (χ0) is 14.4. The normalized spacial score (nSPS) is 17.8. The average Bonchev–Trinajstić information content (AvgIpc) is 2.49. The molecule has 1 unspecified atom stereocenters. The summed E-state index contributed by atoms with van der Waals surface area (Å²) in [5, 5.41) is 6.65. The Morgan fingerprint density at radius 2 is 1.85 bits per heavy atom. The Bertz CT molecular complexity index is 420. The summed E-state index contributed by atoms with van der Waals surface area (Å²) >= 11 is 3.56. The Kier molecular flexibility index (Phi) is 6.04. The van der Waals surface area contributed by atoms with Gasteiger partial charge >= 0.3 is 0 Å². The standard InChI is InChI=1S/C14H24BrN5/c1-3-16-13-12(15)14(19-10-18-13)17-9-11(2)20-7-5-4-6-8-20/h10-11H,3-9H2,1-2H3,(H2,16,17,18,19). The summed E-state index contributed by atoms with van der Waals surface area (Å²) < 4.78 is 0.910. The molecule has 0 radical (unpaired) electrons. The van der Waals surface area contributed by atoms with Gasteiger partial charge in [0.25, 0.3) is 0 Å². The van der Waals surface area contributed by atoms with Gasteiger partial charge in [-0.25, -0.2) is 9.97 Å². The molecule has 2 N–H and O–H groups in total. The predicted octanol–water partition coefficient (Wildman–Crippen LogP) is 2.96. The molecular weight excluding hydrogens is 318 g/mol. The Balaban J connectivity index is 1.91. The second-order valence-electron chi connectivity index (χ2n) is 5.24. The fraction of sp³-hybridized carbons (Fsp3) is 0.714. The van der Waals surface area contributed by atoms with Crippen molar-refractivity contribution in [1.82, 2.24) is 14.9 Å². The van der Waals surface area contributed by atoms with Gasteiger partial charge in [-0.3, -0.25) is 4.90 Å². The van der Waals surface area contributed by atoms with Crippen molar-refractivity contribution in [3.8, 4) is 0 Å². The van der Waals surface area contributed by atoms with Crippen molar-refractivity contribution >= 4 is 27.6 Å².